The molecule has 3 rings (SSSR count). The number of likely N-dealkylation sites (N-methyl/N-ethyl adjacent to an activating group) is 1. The van der Waals surface area contributed by atoms with Gasteiger partial charge in [-0.25, -0.2) is 0 Å². The number of aliphatic carboxylic acids is 1. The number of carbonyl (C=O) groups excluding carboxylic acids is 1. The lowest BCUT2D eigenvalue weighted by Gasteiger charge is -2.26. The molecule has 1 fully saturated rings. The van der Waals surface area contributed by atoms with E-state index in [-0.39, 0.29) is 18.5 Å². The van der Waals surface area contributed by atoms with Gasteiger partial charge in [0.1, 0.15) is 5.75 Å². The summed E-state index contributed by atoms with van der Waals surface area (Å²) < 4.78 is 5.42. The van der Waals surface area contributed by atoms with Gasteiger partial charge in [0.05, 0.1) is 13.7 Å². The number of likely N-dealkylation sites (tertiary alicyclic amines) is 1. The zero-order valence-electron chi connectivity index (χ0n) is 15.9. The van der Waals surface area contributed by atoms with Crippen LogP contribution in [-0.4, -0.2) is 66.6 Å². The lowest BCUT2D eigenvalue weighted by atomic mass is 10.0. The Kier molecular flexibility index (Phi) is 5.96. The molecule has 0 aliphatic carbocycles. The van der Waals surface area contributed by atoms with Gasteiger partial charge in [0.15, 0.2) is 0 Å². The highest BCUT2D eigenvalue weighted by Crippen LogP contribution is 2.29. The Balaban J connectivity index is 1.79. The largest absolute Gasteiger partial charge is 0.496 e. The van der Waals surface area contributed by atoms with Crippen LogP contribution in [0.2, 0.25) is 0 Å². The van der Waals surface area contributed by atoms with Gasteiger partial charge in [-0.05, 0) is 43.8 Å². The minimum absolute atomic E-state index is 0.0235. The van der Waals surface area contributed by atoms with E-state index in [9.17, 15) is 9.59 Å². The molecule has 1 heterocycles. The molecule has 0 aromatic heterocycles. The van der Waals surface area contributed by atoms with Crippen molar-refractivity contribution < 1.29 is 19.4 Å². The topological polar surface area (TPSA) is 70.1 Å². The number of amides is 1. The van der Waals surface area contributed by atoms with Crippen molar-refractivity contribution in [2.75, 3.05) is 33.8 Å². The highest BCUT2D eigenvalue weighted by Gasteiger charge is 2.25. The van der Waals surface area contributed by atoms with Crippen molar-refractivity contribution >= 4 is 22.6 Å². The molecule has 27 heavy (non-hydrogen) atoms. The second-order valence-electron chi connectivity index (χ2n) is 7.05. The Labute approximate surface area is 159 Å². The summed E-state index contributed by atoms with van der Waals surface area (Å²) in [7, 11) is 3.47. The smallest absolute Gasteiger partial charge is 0.317 e. The van der Waals surface area contributed by atoms with Crippen LogP contribution in [0.1, 0.15) is 29.6 Å². The van der Waals surface area contributed by atoms with Crippen molar-refractivity contribution in [1.29, 1.82) is 0 Å². The summed E-state index contributed by atoms with van der Waals surface area (Å²) in [5, 5.41) is 10.8. The molecule has 6 nitrogen and oxygen atoms in total. The molecule has 1 aliphatic rings. The number of carboxylic acid groups (broad SMARTS) is 1. The van der Waals surface area contributed by atoms with Crippen LogP contribution in [0.5, 0.6) is 5.75 Å². The molecule has 1 atom stereocenters. The van der Waals surface area contributed by atoms with Crippen LogP contribution in [-0.2, 0) is 4.79 Å². The molecule has 6 heteroatoms. The van der Waals surface area contributed by atoms with Crippen molar-refractivity contribution in [2.24, 2.45) is 0 Å². The van der Waals surface area contributed by atoms with Crippen LogP contribution in [0.25, 0.3) is 10.8 Å². The van der Waals surface area contributed by atoms with E-state index in [0.29, 0.717) is 18.7 Å². The first kappa shape index (κ1) is 19.2. The standard InChI is InChI=1S/C21H26N2O4/c1-22(14-20(24)25)15-6-5-12-23(13-11-15)21(26)18-9-10-19(27-2)17-8-4-3-7-16(17)18/h3-4,7-10,15H,5-6,11-14H2,1-2H3,(H,24,25). The number of rotatable bonds is 5. The number of carbonyl (C=O) groups is 2. The number of carboxylic acids is 1. The number of benzene rings is 2. The predicted molar refractivity (Wildman–Crippen MR) is 104 cm³/mol. The number of fused-ring (bicyclic) bond motifs is 1. The fraction of sp³-hybridized carbons (Fsp3) is 0.429. The van der Waals surface area contributed by atoms with E-state index >= 15 is 0 Å². The van der Waals surface area contributed by atoms with E-state index in [1.807, 2.05) is 53.2 Å². The normalized spacial score (nSPS) is 17.7. The predicted octanol–water partition coefficient (Wildman–Crippen LogP) is 2.86. The molecule has 0 spiro atoms. The van der Waals surface area contributed by atoms with Gasteiger partial charge in [-0.1, -0.05) is 24.3 Å². The molecule has 1 N–H and O–H groups in total. The maximum Gasteiger partial charge on any atom is 0.317 e. The summed E-state index contributed by atoms with van der Waals surface area (Å²) in [6.45, 7) is 1.35. The fourth-order valence-corrected chi connectivity index (χ4v) is 3.87. The average Bonchev–Trinajstić information content (AvgIpc) is 2.92. The molecule has 1 unspecified atom stereocenters. The third-order valence-electron chi connectivity index (χ3n) is 5.33. The van der Waals surface area contributed by atoms with E-state index < -0.39 is 5.97 Å². The average molecular weight is 370 g/mol. The summed E-state index contributed by atoms with van der Waals surface area (Å²) in [5.74, 6) is -0.0388. The monoisotopic (exact) mass is 370 g/mol. The number of hydrogen-bond donors (Lipinski definition) is 1. The molecule has 2 aromatic carbocycles. The van der Waals surface area contributed by atoms with Gasteiger partial charge >= 0.3 is 5.97 Å². The zero-order valence-corrected chi connectivity index (χ0v) is 15.9. The minimum atomic E-state index is -0.820. The molecule has 0 radical (unpaired) electrons. The highest BCUT2D eigenvalue weighted by atomic mass is 16.5. The summed E-state index contributed by atoms with van der Waals surface area (Å²) in [4.78, 5) is 27.9. The Hall–Kier alpha value is -2.60. The van der Waals surface area contributed by atoms with E-state index in [0.717, 1.165) is 35.8 Å². The van der Waals surface area contributed by atoms with Crippen molar-refractivity contribution in [1.82, 2.24) is 9.80 Å². The van der Waals surface area contributed by atoms with Crippen molar-refractivity contribution in [3.8, 4) is 5.75 Å². The van der Waals surface area contributed by atoms with Gasteiger partial charge in [0, 0.05) is 30.1 Å². The Morgan fingerprint density at radius 2 is 1.89 bits per heavy atom. The lowest BCUT2D eigenvalue weighted by molar-refractivity contribution is -0.138. The van der Waals surface area contributed by atoms with Gasteiger partial charge in [0.2, 0.25) is 0 Å². The van der Waals surface area contributed by atoms with Gasteiger partial charge in [0.25, 0.3) is 5.91 Å². The van der Waals surface area contributed by atoms with Gasteiger partial charge in [-0.2, -0.15) is 0 Å². The van der Waals surface area contributed by atoms with Crippen LogP contribution < -0.4 is 4.74 Å². The first-order valence-corrected chi connectivity index (χ1v) is 9.28. The molecular weight excluding hydrogens is 344 g/mol. The number of methoxy groups -OCH3 is 1. The quantitative estimate of drug-likeness (QED) is 0.876. The van der Waals surface area contributed by atoms with Crippen LogP contribution in [0.3, 0.4) is 0 Å². The molecular formula is C21H26N2O4. The fourth-order valence-electron chi connectivity index (χ4n) is 3.87. The van der Waals surface area contributed by atoms with Crippen LogP contribution in [0.15, 0.2) is 36.4 Å². The summed E-state index contributed by atoms with van der Waals surface area (Å²) >= 11 is 0. The lowest BCUT2D eigenvalue weighted by Crippen LogP contribution is -2.37. The Morgan fingerprint density at radius 1 is 1.15 bits per heavy atom. The van der Waals surface area contributed by atoms with Crippen LogP contribution >= 0.6 is 0 Å². The Bertz CT molecular complexity index is 836. The second kappa shape index (κ2) is 8.39. The summed E-state index contributed by atoms with van der Waals surface area (Å²) in [5.41, 5.74) is 0.684. The molecule has 1 amide bonds. The molecule has 144 valence electrons. The van der Waals surface area contributed by atoms with Gasteiger partial charge in [-0.3, -0.25) is 14.5 Å². The molecule has 1 aliphatic heterocycles. The zero-order chi connectivity index (χ0) is 19.4. The third-order valence-corrected chi connectivity index (χ3v) is 5.33. The summed E-state index contributed by atoms with van der Waals surface area (Å²) in [6, 6.07) is 11.6. The number of nitrogens with zero attached hydrogens (tertiary/aromatic N) is 2. The molecule has 0 saturated carbocycles. The highest BCUT2D eigenvalue weighted by molar-refractivity contribution is 6.08. The number of ether oxygens (including phenoxy) is 1. The second-order valence-corrected chi connectivity index (χ2v) is 7.05. The van der Waals surface area contributed by atoms with E-state index in [1.54, 1.807) is 7.11 Å². The molecule has 1 saturated heterocycles. The maximum atomic E-state index is 13.2. The van der Waals surface area contributed by atoms with Crippen LogP contribution in [0, 0.1) is 0 Å². The Morgan fingerprint density at radius 3 is 2.59 bits per heavy atom. The SMILES string of the molecule is COc1ccc(C(=O)N2CCCC(N(C)CC(=O)O)CC2)c2ccccc12. The minimum Gasteiger partial charge on any atom is -0.496 e. The first-order valence-electron chi connectivity index (χ1n) is 9.28. The maximum absolute atomic E-state index is 13.2. The summed E-state index contributed by atoms with van der Waals surface area (Å²) in [6.07, 6.45) is 2.55. The third kappa shape index (κ3) is 4.22. The van der Waals surface area contributed by atoms with Crippen molar-refractivity contribution in [3.63, 3.8) is 0 Å². The van der Waals surface area contributed by atoms with Gasteiger partial charge < -0.3 is 14.7 Å². The molecule has 2 aromatic rings. The number of hydrogen-bond acceptors (Lipinski definition) is 4. The van der Waals surface area contributed by atoms with Gasteiger partial charge in [-0.15, -0.1) is 0 Å². The van der Waals surface area contributed by atoms with E-state index in [2.05, 4.69) is 0 Å². The van der Waals surface area contributed by atoms with Crippen molar-refractivity contribution in [3.05, 3.63) is 42.0 Å². The van der Waals surface area contributed by atoms with E-state index in [1.165, 1.54) is 0 Å². The van der Waals surface area contributed by atoms with E-state index in [4.69, 9.17) is 9.84 Å². The van der Waals surface area contributed by atoms with Crippen LogP contribution in [0.4, 0.5) is 0 Å². The molecule has 0 bridgehead atoms. The van der Waals surface area contributed by atoms with Crippen molar-refractivity contribution in [2.45, 2.75) is 25.3 Å². The first-order chi connectivity index (χ1) is 13.0.